The van der Waals surface area contributed by atoms with Gasteiger partial charge >= 0.3 is 0 Å². The quantitative estimate of drug-likeness (QED) is 0.713. The summed E-state index contributed by atoms with van der Waals surface area (Å²) in [6.45, 7) is 7.73. The van der Waals surface area contributed by atoms with Crippen molar-refractivity contribution in [3.8, 4) is 6.07 Å². The van der Waals surface area contributed by atoms with E-state index in [4.69, 9.17) is 5.26 Å². The smallest absolute Gasteiger partial charge is 0.223 e. The molecule has 1 fully saturated rings. The van der Waals surface area contributed by atoms with Gasteiger partial charge in [0.25, 0.3) is 0 Å². The van der Waals surface area contributed by atoms with Crippen LogP contribution in [0.25, 0.3) is 0 Å². The van der Waals surface area contributed by atoms with E-state index in [1.807, 2.05) is 4.90 Å². The summed E-state index contributed by atoms with van der Waals surface area (Å²) >= 11 is 0. The first-order chi connectivity index (χ1) is 6.98. The molecule has 3 heteroatoms. The summed E-state index contributed by atoms with van der Waals surface area (Å²) in [6.07, 6.45) is 2.45. The molecule has 1 aliphatic rings. The van der Waals surface area contributed by atoms with E-state index in [1.165, 1.54) is 0 Å². The molecule has 15 heavy (non-hydrogen) atoms. The fourth-order valence-electron chi connectivity index (χ4n) is 1.74. The van der Waals surface area contributed by atoms with Crippen molar-refractivity contribution in [2.75, 3.05) is 13.1 Å². The Morgan fingerprint density at radius 2 is 2.27 bits per heavy atom. The Bertz CT molecular complexity index is 278. The second kappa shape index (κ2) is 4.65. The Labute approximate surface area is 92.1 Å². The predicted octanol–water partition coefficient (Wildman–Crippen LogP) is 2.18. The topological polar surface area (TPSA) is 44.1 Å². The SMILES string of the molecule is CCC(C)(C)CC(=O)N1CCC(C#N)C1. The van der Waals surface area contributed by atoms with Crippen LogP contribution in [0.2, 0.25) is 0 Å². The minimum atomic E-state index is 0.0543. The van der Waals surface area contributed by atoms with Gasteiger partial charge in [-0.15, -0.1) is 0 Å². The van der Waals surface area contributed by atoms with E-state index in [0.717, 1.165) is 19.4 Å². The Hall–Kier alpha value is -1.04. The molecule has 0 spiro atoms. The third-order valence-corrected chi connectivity index (χ3v) is 3.31. The summed E-state index contributed by atoms with van der Waals surface area (Å²) in [7, 11) is 0. The fourth-order valence-corrected chi connectivity index (χ4v) is 1.74. The number of rotatable bonds is 3. The minimum Gasteiger partial charge on any atom is -0.341 e. The lowest BCUT2D eigenvalue weighted by Gasteiger charge is -2.25. The molecule has 0 aromatic heterocycles. The molecule has 3 nitrogen and oxygen atoms in total. The number of nitrogens with zero attached hydrogens (tertiary/aromatic N) is 2. The van der Waals surface area contributed by atoms with Crippen molar-refractivity contribution in [2.45, 2.75) is 40.0 Å². The van der Waals surface area contributed by atoms with E-state index >= 15 is 0 Å². The highest BCUT2D eigenvalue weighted by atomic mass is 16.2. The Balaban J connectivity index is 2.46. The molecule has 1 saturated heterocycles. The number of hydrogen-bond donors (Lipinski definition) is 0. The van der Waals surface area contributed by atoms with E-state index in [9.17, 15) is 4.79 Å². The number of carbonyl (C=O) groups excluding carboxylic acids is 1. The molecule has 0 aromatic rings. The Kier molecular flexibility index (Phi) is 3.73. The normalized spacial score (nSPS) is 21.5. The Morgan fingerprint density at radius 1 is 1.60 bits per heavy atom. The van der Waals surface area contributed by atoms with Gasteiger partial charge in [0, 0.05) is 19.5 Å². The van der Waals surface area contributed by atoms with E-state index in [1.54, 1.807) is 0 Å². The summed E-state index contributed by atoms with van der Waals surface area (Å²) in [5.74, 6) is 0.262. The van der Waals surface area contributed by atoms with E-state index in [0.29, 0.717) is 13.0 Å². The zero-order valence-corrected chi connectivity index (χ0v) is 9.92. The molecule has 1 heterocycles. The monoisotopic (exact) mass is 208 g/mol. The average Bonchev–Trinajstić information content (AvgIpc) is 2.65. The van der Waals surface area contributed by atoms with E-state index in [-0.39, 0.29) is 17.2 Å². The summed E-state index contributed by atoms with van der Waals surface area (Å²) in [5, 5.41) is 8.76. The maximum Gasteiger partial charge on any atom is 0.223 e. The first-order valence-electron chi connectivity index (χ1n) is 5.66. The summed E-state index contributed by atoms with van der Waals surface area (Å²) < 4.78 is 0. The van der Waals surface area contributed by atoms with Crippen molar-refractivity contribution < 1.29 is 4.79 Å². The lowest BCUT2D eigenvalue weighted by molar-refractivity contribution is -0.132. The standard InChI is InChI=1S/C12H20N2O/c1-4-12(2,3)7-11(15)14-6-5-10(8-13)9-14/h10H,4-7,9H2,1-3H3. The van der Waals surface area contributed by atoms with Crippen LogP contribution in [0, 0.1) is 22.7 Å². The van der Waals surface area contributed by atoms with Crippen LogP contribution in [-0.2, 0) is 4.79 Å². The van der Waals surface area contributed by atoms with Gasteiger partial charge in [0.15, 0.2) is 0 Å². The molecule has 1 aliphatic heterocycles. The van der Waals surface area contributed by atoms with Crippen molar-refractivity contribution in [3.63, 3.8) is 0 Å². The maximum atomic E-state index is 11.9. The highest BCUT2D eigenvalue weighted by Gasteiger charge is 2.29. The highest BCUT2D eigenvalue weighted by Crippen LogP contribution is 2.27. The average molecular weight is 208 g/mol. The highest BCUT2D eigenvalue weighted by molar-refractivity contribution is 5.77. The number of likely N-dealkylation sites (tertiary alicyclic amines) is 1. The van der Waals surface area contributed by atoms with Crippen molar-refractivity contribution >= 4 is 5.91 Å². The first kappa shape index (κ1) is 12.0. The lowest BCUT2D eigenvalue weighted by atomic mass is 9.86. The molecule has 0 N–H and O–H groups in total. The van der Waals surface area contributed by atoms with Crippen LogP contribution in [0.5, 0.6) is 0 Å². The van der Waals surface area contributed by atoms with Crippen LogP contribution in [0.3, 0.4) is 0 Å². The molecule has 0 saturated carbocycles. The van der Waals surface area contributed by atoms with Crippen LogP contribution in [-0.4, -0.2) is 23.9 Å². The van der Waals surface area contributed by atoms with Crippen LogP contribution in [0.15, 0.2) is 0 Å². The molecule has 84 valence electrons. The summed E-state index contributed by atoms with van der Waals surface area (Å²) in [4.78, 5) is 13.7. The lowest BCUT2D eigenvalue weighted by Crippen LogP contribution is -2.32. The predicted molar refractivity (Wildman–Crippen MR) is 59.0 cm³/mol. The molecule has 0 aromatic carbocycles. The van der Waals surface area contributed by atoms with E-state index < -0.39 is 0 Å². The van der Waals surface area contributed by atoms with Crippen LogP contribution in [0.4, 0.5) is 0 Å². The number of amides is 1. The molecule has 1 atom stereocenters. The van der Waals surface area contributed by atoms with Gasteiger partial charge in [0.2, 0.25) is 5.91 Å². The van der Waals surface area contributed by atoms with Gasteiger partial charge in [-0.3, -0.25) is 4.79 Å². The molecular formula is C12H20N2O. The first-order valence-corrected chi connectivity index (χ1v) is 5.66. The van der Waals surface area contributed by atoms with Crippen LogP contribution in [0.1, 0.15) is 40.0 Å². The molecule has 1 rings (SSSR count). The number of carbonyl (C=O) groups is 1. The second-order valence-electron chi connectivity index (χ2n) is 5.15. The van der Waals surface area contributed by atoms with Gasteiger partial charge in [-0.1, -0.05) is 27.2 Å². The molecule has 1 unspecified atom stereocenters. The van der Waals surface area contributed by atoms with Crippen LogP contribution < -0.4 is 0 Å². The maximum absolute atomic E-state index is 11.9. The fraction of sp³-hybridized carbons (Fsp3) is 0.833. The minimum absolute atomic E-state index is 0.0543. The zero-order valence-electron chi connectivity index (χ0n) is 9.92. The van der Waals surface area contributed by atoms with Crippen molar-refractivity contribution in [2.24, 2.45) is 11.3 Å². The number of nitriles is 1. The second-order valence-corrected chi connectivity index (χ2v) is 5.15. The largest absolute Gasteiger partial charge is 0.341 e. The zero-order chi connectivity index (χ0) is 11.5. The van der Waals surface area contributed by atoms with Crippen molar-refractivity contribution in [3.05, 3.63) is 0 Å². The third kappa shape index (κ3) is 3.23. The molecule has 0 bridgehead atoms. The molecule has 0 radical (unpaired) electrons. The van der Waals surface area contributed by atoms with Gasteiger partial charge in [-0.25, -0.2) is 0 Å². The molecule has 1 amide bonds. The van der Waals surface area contributed by atoms with E-state index in [2.05, 4.69) is 26.8 Å². The Morgan fingerprint density at radius 3 is 2.73 bits per heavy atom. The van der Waals surface area contributed by atoms with Gasteiger partial charge < -0.3 is 4.90 Å². The molecular weight excluding hydrogens is 188 g/mol. The van der Waals surface area contributed by atoms with Crippen LogP contribution >= 0.6 is 0 Å². The molecule has 0 aliphatic carbocycles. The van der Waals surface area contributed by atoms with Gasteiger partial charge in [-0.05, 0) is 11.8 Å². The summed E-state index contributed by atoms with van der Waals surface area (Å²) in [5.41, 5.74) is 0.0851. The summed E-state index contributed by atoms with van der Waals surface area (Å²) in [6, 6.07) is 2.23. The van der Waals surface area contributed by atoms with Gasteiger partial charge in [0.05, 0.1) is 12.0 Å². The van der Waals surface area contributed by atoms with Gasteiger partial charge in [-0.2, -0.15) is 5.26 Å². The van der Waals surface area contributed by atoms with Crippen molar-refractivity contribution in [1.82, 2.24) is 4.90 Å². The van der Waals surface area contributed by atoms with Gasteiger partial charge in [0.1, 0.15) is 0 Å². The van der Waals surface area contributed by atoms with Crippen molar-refractivity contribution in [1.29, 1.82) is 5.26 Å². The third-order valence-electron chi connectivity index (χ3n) is 3.31. The number of hydrogen-bond acceptors (Lipinski definition) is 2.